The number of hydrogen-bond donors (Lipinski definition) is 2. The van der Waals surface area contributed by atoms with Gasteiger partial charge in [0, 0.05) is 11.3 Å². The summed E-state index contributed by atoms with van der Waals surface area (Å²) in [5.41, 5.74) is 8.10. The summed E-state index contributed by atoms with van der Waals surface area (Å²) in [6.45, 7) is 1.93. The van der Waals surface area contributed by atoms with Crippen molar-refractivity contribution in [3.63, 3.8) is 0 Å². The summed E-state index contributed by atoms with van der Waals surface area (Å²) < 4.78 is 5.73. The molecule has 1 amide bonds. The summed E-state index contributed by atoms with van der Waals surface area (Å²) in [5.74, 6) is -0.0529. The van der Waals surface area contributed by atoms with Gasteiger partial charge in [-0.15, -0.1) is 0 Å². The lowest BCUT2D eigenvalue weighted by Crippen LogP contribution is -2.41. The van der Waals surface area contributed by atoms with Crippen molar-refractivity contribution in [2.75, 3.05) is 5.73 Å². The third-order valence-corrected chi connectivity index (χ3v) is 3.96. The van der Waals surface area contributed by atoms with E-state index < -0.39 is 0 Å². The number of rotatable bonds is 2. The van der Waals surface area contributed by atoms with Gasteiger partial charge in [-0.05, 0) is 43.9 Å². The zero-order valence-corrected chi connectivity index (χ0v) is 10.5. The number of nitrogens with two attached hydrogens (primary N) is 1. The van der Waals surface area contributed by atoms with Gasteiger partial charge < -0.3 is 15.8 Å². The van der Waals surface area contributed by atoms with Gasteiger partial charge in [0.2, 0.25) is 0 Å². The minimum absolute atomic E-state index is 0.0529. The Balaban J connectivity index is 1.69. The van der Waals surface area contributed by atoms with E-state index in [-0.39, 0.29) is 18.1 Å². The van der Waals surface area contributed by atoms with Crippen LogP contribution in [0.2, 0.25) is 0 Å². The Kier molecular flexibility index (Phi) is 2.74. The molecule has 0 saturated carbocycles. The number of fused-ring (bicyclic) bond motifs is 2. The highest BCUT2D eigenvalue weighted by molar-refractivity contribution is 5.95. The molecule has 1 aromatic carbocycles. The normalized spacial score (nSPS) is 29.5. The van der Waals surface area contributed by atoms with Crippen LogP contribution in [0.4, 0.5) is 5.69 Å². The maximum Gasteiger partial charge on any atom is 0.251 e. The van der Waals surface area contributed by atoms with Crippen LogP contribution in [-0.4, -0.2) is 24.2 Å². The molecule has 2 aliphatic rings. The highest BCUT2D eigenvalue weighted by Gasteiger charge is 2.41. The lowest BCUT2D eigenvalue weighted by molar-refractivity contribution is 0.0841. The largest absolute Gasteiger partial charge is 0.398 e. The number of ether oxygens (including phenoxy) is 1. The lowest BCUT2D eigenvalue weighted by atomic mass is 9.95. The molecule has 0 aliphatic carbocycles. The van der Waals surface area contributed by atoms with Crippen molar-refractivity contribution in [3.05, 3.63) is 29.3 Å². The maximum atomic E-state index is 12.1. The van der Waals surface area contributed by atoms with Crippen LogP contribution < -0.4 is 11.1 Å². The molecule has 3 rings (SSSR count). The summed E-state index contributed by atoms with van der Waals surface area (Å²) in [6, 6.07) is 5.59. The van der Waals surface area contributed by atoms with Crippen molar-refractivity contribution < 1.29 is 9.53 Å². The Bertz CT molecular complexity index is 487. The number of carbonyl (C=O) groups is 1. The molecule has 2 aliphatic heterocycles. The van der Waals surface area contributed by atoms with Crippen LogP contribution in [0.3, 0.4) is 0 Å². The van der Waals surface area contributed by atoms with Crippen LogP contribution in [0.1, 0.15) is 35.2 Å². The van der Waals surface area contributed by atoms with Gasteiger partial charge in [-0.3, -0.25) is 4.79 Å². The van der Waals surface area contributed by atoms with Crippen molar-refractivity contribution >= 4 is 11.6 Å². The molecule has 0 radical (unpaired) electrons. The molecule has 0 aromatic heterocycles. The number of benzene rings is 1. The first-order chi connectivity index (χ1) is 8.63. The fourth-order valence-electron chi connectivity index (χ4n) is 2.82. The third-order valence-electron chi connectivity index (χ3n) is 3.96. The molecule has 4 nitrogen and oxygen atoms in total. The monoisotopic (exact) mass is 246 g/mol. The van der Waals surface area contributed by atoms with Crippen molar-refractivity contribution in [2.45, 2.75) is 44.4 Å². The lowest BCUT2D eigenvalue weighted by Gasteiger charge is -2.20. The Morgan fingerprint density at radius 2 is 2.28 bits per heavy atom. The molecular formula is C14H18N2O2. The molecule has 2 fully saturated rings. The predicted octanol–water partition coefficient (Wildman–Crippen LogP) is 1.63. The Morgan fingerprint density at radius 1 is 1.44 bits per heavy atom. The number of carbonyl (C=O) groups excluding carboxylic acids is 1. The van der Waals surface area contributed by atoms with Gasteiger partial charge in [0.15, 0.2) is 0 Å². The van der Waals surface area contributed by atoms with E-state index in [1.807, 2.05) is 19.1 Å². The van der Waals surface area contributed by atoms with Crippen molar-refractivity contribution in [2.24, 2.45) is 0 Å². The number of nitrogens with one attached hydrogen (secondary N) is 1. The quantitative estimate of drug-likeness (QED) is 0.779. The smallest absolute Gasteiger partial charge is 0.251 e. The minimum Gasteiger partial charge on any atom is -0.398 e. The van der Waals surface area contributed by atoms with Crippen LogP contribution in [-0.2, 0) is 4.74 Å². The summed E-state index contributed by atoms with van der Waals surface area (Å²) in [5, 5.41) is 3.05. The zero-order chi connectivity index (χ0) is 12.7. The Labute approximate surface area is 107 Å². The van der Waals surface area contributed by atoms with Crippen molar-refractivity contribution in [1.82, 2.24) is 5.32 Å². The molecule has 2 saturated heterocycles. The fourth-order valence-corrected chi connectivity index (χ4v) is 2.82. The first-order valence-corrected chi connectivity index (χ1v) is 6.46. The SMILES string of the molecule is Cc1ccc(C(=O)NC2CC3CCC2O3)cc1N. The molecule has 96 valence electrons. The summed E-state index contributed by atoms with van der Waals surface area (Å²) >= 11 is 0. The van der Waals surface area contributed by atoms with Crippen molar-refractivity contribution in [1.29, 1.82) is 0 Å². The van der Waals surface area contributed by atoms with E-state index in [1.54, 1.807) is 6.07 Å². The van der Waals surface area contributed by atoms with Crippen LogP contribution in [0.15, 0.2) is 18.2 Å². The topological polar surface area (TPSA) is 64.3 Å². The average Bonchev–Trinajstić information content (AvgIpc) is 2.94. The molecule has 0 spiro atoms. The van der Waals surface area contributed by atoms with E-state index in [1.165, 1.54) is 0 Å². The first kappa shape index (κ1) is 11.5. The fraction of sp³-hybridized carbons (Fsp3) is 0.500. The minimum atomic E-state index is -0.0529. The van der Waals surface area contributed by atoms with E-state index in [9.17, 15) is 4.79 Å². The van der Waals surface area contributed by atoms with E-state index >= 15 is 0 Å². The number of hydrogen-bond acceptors (Lipinski definition) is 3. The standard InChI is InChI=1S/C14H18N2O2/c1-8-2-3-9(6-11(8)15)14(17)16-12-7-10-4-5-13(12)18-10/h2-3,6,10,12-13H,4-5,7,15H2,1H3,(H,16,17). The van der Waals surface area contributed by atoms with Crippen LogP contribution in [0.25, 0.3) is 0 Å². The van der Waals surface area contributed by atoms with Gasteiger partial charge in [-0.25, -0.2) is 0 Å². The van der Waals surface area contributed by atoms with E-state index in [0.29, 0.717) is 17.4 Å². The molecule has 3 N–H and O–H groups in total. The highest BCUT2D eigenvalue weighted by atomic mass is 16.5. The molecular weight excluding hydrogens is 228 g/mol. The summed E-state index contributed by atoms with van der Waals surface area (Å²) in [6.07, 6.45) is 3.70. The van der Waals surface area contributed by atoms with Gasteiger partial charge in [-0.2, -0.15) is 0 Å². The van der Waals surface area contributed by atoms with Gasteiger partial charge in [0.1, 0.15) is 0 Å². The Hall–Kier alpha value is -1.55. The second-order valence-electron chi connectivity index (χ2n) is 5.26. The predicted molar refractivity (Wildman–Crippen MR) is 69.4 cm³/mol. The maximum absolute atomic E-state index is 12.1. The first-order valence-electron chi connectivity index (χ1n) is 6.46. The summed E-state index contributed by atoms with van der Waals surface area (Å²) in [7, 11) is 0. The number of amides is 1. The Morgan fingerprint density at radius 3 is 2.89 bits per heavy atom. The zero-order valence-electron chi connectivity index (χ0n) is 10.5. The van der Waals surface area contributed by atoms with Gasteiger partial charge in [0.05, 0.1) is 18.2 Å². The average molecular weight is 246 g/mol. The van der Waals surface area contributed by atoms with E-state index in [2.05, 4.69) is 5.32 Å². The second-order valence-corrected chi connectivity index (χ2v) is 5.26. The van der Waals surface area contributed by atoms with Gasteiger partial charge in [0.25, 0.3) is 5.91 Å². The number of aryl methyl sites for hydroxylation is 1. The van der Waals surface area contributed by atoms with Gasteiger partial charge in [-0.1, -0.05) is 6.07 Å². The molecule has 4 heteroatoms. The van der Waals surface area contributed by atoms with Crippen molar-refractivity contribution in [3.8, 4) is 0 Å². The van der Waals surface area contributed by atoms with E-state index in [4.69, 9.17) is 10.5 Å². The van der Waals surface area contributed by atoms with Gasteiger partial charge >= 0.3 is 0 Å². The number of anilines is 1. The van der Waals surface area contributed by atoms with E-state index in [0.717, 1.165) is 24.8 Å². The van der Waals surface area contributed by atoms with Crippen LogP contribution >= 0.6 is 0 Å². The number of nitrogen functional groups attached to an aromatic ring is 1. The molecule has 2 bridgehead atoms. The molecule has 2 heterocycles. The second kappa shape index (κ2) is 4.28. The molecule has 3 atom stereocenters. The highest BCUT2D eigenvalue weighted by Crippen LogP contribution is 2.34. The molecule has 1 aromatic rings. The van der Waals surface area contributed by atoms with Crippen LogP contribution in [0, 0.1) is 6.92 Å². The molecule has 18 heavy (non-hydrogen) atoms. The van der Waals surface area contributed by atoms with Crippen LogP contribution in [0.5, 0.6) is 0 Å². The molecule has 3 unspecified atom stereocenters. The third kappa shape index (κ3) is 1.97. The summed E-state index contributed by atoms with van der Waals surface area (Å²) in [4.78, 5) is 12.1.